The van der Waals surface area contributed by atoms with Crippen molar-refractivity contribution in [3.05, 3.63) is 0 Å². The van der Waals surface area contributed by atoms with Crippen LogP contribution in [0.3, 0.4) is 0 Å². The number of hydrogen-bond acceptors (Lipinski definition) is 3. The molecule has 0 aromatic heterocycles. The van der Waals surface area contributed by atoms with Crippen LogP contribution in [0.25, 0.3) is 0 Å². The van der Waals surface area contributed by atoms with Crippen molar-refractivity contribution in [2.45, 2.75) is 46.1 Å². The van der Waals surface area contributed by atoms with Crippen molar-refractivity contribution < 1.29 is 9.90 Å². The first kappa shape index (κ1) is 13.0. The number of nitriles is 1. The summed E-state index contributed by atoms with van der Waals surface area (Å²) in [5.74, 6) is -0.177. The summed E-state index contributed by atoms with van der Waals surface area (Å²) in [6.07, 6.45) is 1.84. The largest absolute Gasteiger partial charge is 0.396 e. The summed E-state index contributed by atoms with van der Waals surface area (Å²) >= 11 is 0. The lowest BCUT2D eigenvalue weighted by Gasteiger charge is -2.31. The molecule has 0 radical (unpaired) electrons. The van der Waals surface area contributed by atoms with E-state index in [2.05, 4.69) is 11.4 Å². The summed E-state index contributed by atoms with van der Waals surface area (Å²) in [6, 6.07) is 1.99. The van der Waals surface area contributed by atoms with Crippen LogP contribution in [-0.4, -0.2) is 23.7 Å². The van der Waals surface area contributed by atoms with Gasteiger partial charge in [0.2, 0.25) is 5.91 Å². The Morgan fingerprint density at radius 2 is 2.12 bits per heavy atom. The summed E-state index contributed by atoms with van der Waals surface area (Å²) in [7, 11) is 0. The maximum absolute atomic E-state index is 11.9. The number of aliphatic hydroxyl groups is 1. The predicted molar refractivity (Wildman–Crippen MR) is 60.4 cm³/mol. The van der Waals surface area contributed by atoms with Gasteiger partial charge in [-0.1, -0.05) is 20.8 Å². The topological polar surface area (TPSA) is 73.1 Å². The van der Waals surface area contributed by atoms with Crippen LogP contribution in [0.15, 0.2) is 0 Å². The van der Waals surface area contributed by atoms with Crippen molar-refractivity contribution in [1.82, 2.24) is 5.32 Å². The van der Waals surface area contributed by atoms with Crippen molar-refractivity contribution in [1.29, 1.82) is 5.26 Å². The zero-order chi connectivity index (χ0) is 12.4. The van der Waals surface area contributed by atoms with E-state index in [9.17, 15) is 4.79 Å². The van der Waals surface area contributed by atoms with Gasteiger partial charge in [0.15, 0.2) is 0 Å². The van der Waals surface area contributed by atoms with Gasteiger partial charge in [-0.25, -0.2) is 0 Å². The molecule has 1 aliphatic rings. The molecule has 1 atom stereocenters. The van der Waals surface area contributed by atoms with Crippen molar-refractivity contribution in [2.75, 3.05) is 6.61 Å². The molecule has 4 heteroatoms. The molecule has 4 nitrogen and oxygen atoms in total. The van der Waals surface area contributed by atoms with Gasteiger partial charge in [0.05, 0.1) is 6.07 Å². The average Bonchev–Trinajstić information content (AvgIpc) is 2.96. The molecule has 0 heterocycles. The van der Waals surface area contributed by atoms with Crippen LogP contribution in [0.2, 0.25) is 0 Å². The summed E-state index contributed by atoms with van der Waals surface area (Å²) in [5.41, 5.74) is -0.886. The standard InChI is InChI=1S/C12H20N2O2/c1-11(2,3)9(4-7-15)14-10(16)12(8-13)5-6-12/h9,15H,4-7H2,1-3H3,(H,14,16). The van der Waals surface area contributed by atoms with Crippen molar-refractivity contribution in [3.8, 4) is 6.07 Å². The first-order valence-corrected chi connectivity index (χ1v) is 5.69. The zero-order valence-corrected chi connectivity index (χ0v) is 10.2. The Hall–Kier alpha value is -1.08. The van der Waals surface area contributed by atoms with E-state index in [1.165, 1.54) is 0 Å². The Labute approximate surface area is 96.6 Å². The highest BCUT2D eigenvalue weighted by Crippen LogP contribution is 2.45. The summed E-state index contributed by atoms with van der Waals surface area (Å²) < 4.78 is 0. The number of aliphatic hydroxyl groups excluding tert-OH is 1. The van der Waals surface area contributed by atoms with E-state index in [1.807, 2.05) is 20.8 Å². The lowest BCUT2D eigenvalue weighted by molar-refractivity contribution is -0.126. The second-order valence-corrected chi connectivity index (χ2v) is 5.60. The van der Waals surface area contributed by atoms with E-state index in [-0.39, 0.29) is 24.0 Å². The van der Waals surface area contributed by atoms with Gasteiger partial charge < -0.3 is 10.4 Å². The van der Waals surface area contributed by atoms with E-state index < -0.39 is 5.41 Å². The Bertz CT molecular complexity index is 308. The van der Waals surface area contributed by atoms with Gasteiger partial charge in [0.1, 0.15) is 5.41 Å². The molecule has 1 rings (SSSR count). The molecule has 90 valence electrons. The van der Waals surface area contributed by atoms with Crippen LogP contribution in [-0.2, 0) is 4.79 Å². The highest BCUT2D eigenvalue weighted by molar-refractivity contribution is 5.88. The Morgan fingerprint density at radius 3 is 2.44 bits per heavy atom. The average molecular weight is 224 g/mol. The van der Waals surface area contributed by atoms with Gasteiger partial charge in [-0.15, -0.1) is 0 Å². The zero-order valence-electron chi connectivity index (χ0n) is 10.2. The molecule has 2 N–H and O–H groups in total. The number of carbonyl (C=O) groups excluding carboxylic acids is 1. The van der Waals surface area contributed by atoms with Gasteiger partial charge in [-0.3, -0.25) is 4.79 Å². The molecule has 0 bridgehead atoms. The monoisotopic (exact) mass is 224 g/mol. The van der Waals surface area contributed by atoms with Crippen LogP contribution in [0.4, 0.5) is 0 Å². The second-order valence-electron chi connectivity index (χ2n) is 5.60. The van der Waals surface area contributed by atoms with Crippen LogP contribution < -0.4 is 5.32 Å². The van der Waals surface area contributed by atoms with Crippen molar-refractivity contribution in [3.63, 3.8) is 0 Å². The lowest BCUT2D eigenvalue weighted by Crippen LogP contribution is -2.46. The minimum atomic E-state index is -0.779. The maximum Gasteiger partial charge on any atom is 0.240 e. The Balaban J connectivity index is 2.63. The molecule has 1 fully saturated rings. The maximum atomic E-state index is 11.9. The number of carbonyl (C=O) groups is 1. The van der Waals surface area contributed by atoms with E-state index in [1.54, 1.807) is 0 Å². The number of nitrogens with zero attached hydrogens (tertiary/aromatic N) is 1. The number of rotatable bonds is 4. The van der Waals surface area contributed by atoms with Gasteiger partial charge >= 0.3 is 0 Å². The normalized spacial score (nSPS) is 19.7. The minimum absolute atomic E-state index is 0.0434. The fraction of sp³-hybridized carbons (Fsp3) is 0.833. The van der Waals surface area contributed by atoms with E-state index >= 15 is 0 Å². The van der Waals surface area contributed by atoms with Crippen LogP contribution in [0.5, 0.6) is 0 Å². The summed E-state index contributed by atoms with van der Waals surface area (Å²) in [6.45, 7) is 6.08. The minimum Gasteiger partial charge on any atom is -0.396 e. The number of amides is 1. The van der Waals surface area contributed by atoms with E-state index in [4.69, 9.17) is 10.4 Å². The molecular formula is C12H20N2O2. The van der Waals surface area contributed by atoms with Gasteiger partial charge in [-0.2, -0.15) is 5.26 Å². The molecule has 0 aliphatic heterocycles. The summed E-state index contributed by atoms with van der Waals surface area (Å²) in [4.78, 5) is 11.9. The van der Waals surface area contributed by atoms with Crippen molar-refractivity contribution in [2.24, 2.45) is 10.8 Å². The first-order chi connectivity index (χ1) is 7.35. The molecule has 0 saturated heterocycles. The van der Waals surface area contributed by atoms with Gasteiger partial charge in [-0.05, 0) is 24.7 Å². The smallest absolute Gasteiger partial charge is 0.240 e. The third-order valence-corrected chi connectivity index (χ3v) is 3.17. The molecule has 0 spiro atoms. The molecule has 16 heavy (non-hydrogen) atoms. The Kier molecular flexibility index (Phi) is 3.59. The fourth-order valence-corrected chi connectivity index (χ4v) is 1.66. The van der Waals surface area contributed by atoms with Crippen LogP contribution >= 0.6 is 0 Å². The summed E-state index contributed by atoms with van der Waals surface area (Å²) in [5, 5.41) is 20.8. The number of hydrogen-bond donors (Lipinski definition) is 2. The number of nitrogens with one attached hydrogen (secondary N) is 1. The van der Waals surface area contributed by atoms with Crippen molar-refractivity contribution >= 4 is 5.91 Å². The molecular weight excluding hydrogens is 204 g/mol. The van der Waals surface area contributed by atoms with Crippen LogP contribution in [0, 0.1) is 22.2 Å². The highest BCUT2D eigenvalue weighted by Gasteiger charge is 2.51. The third-order valence-electron chi connectivity index (χ3n) is 3.17. The van der Waals surface area contributed by atoms with E-state index in [0.29, 0.717) is 19.3 Å². The third kappa shape index (κ3) is 2.73. The molecule has 1 saturated carbocycles. The molecule has 0 aromatic carbocycles. The molecule has 0 aromatic rings. The van der Waals surface area contributed by atoms with Gasteiger partial charge in [0, 0.05) is 12.6 Å². The lowest BCUT2D eigenvalue weighted by atomic mass is 9.84. The SMILES string of the molecule is CC(C)(C)C(CCO)NC(=O)C1(C#N)CC1. The van der Waals surface area contributed by atoms with E-state index in [0.717, 1.165) is 0 Å². The second kappa shape index (κ2) is 4.42. The van der Waals surface area contributed by atoms with Gasteiger partial charge in [0.25, 0.3) is 0 Å². The molecule has 1 unspecified atom stereocenters. The Morgan fingerprint density at radius 1 is 1.56 bits per heavy atom. The quantitative estimate of drug-likeness (QED) is 0.753. The van der Waals surface area contributed by atoms with Crippen LogP contribution in [0.1, 0.15) is 40.0 Å². The fourth-order valence-electron chi connectivity index (χ4n) is 1.66. The molecule has 1 aliphatic carbocycles. The predicted octanol–water partition coefficient (Wildman–Crippen LogP) is 1.20. The highest BCUT2D eigenvalue weighted by atomic mass is 16.3. The molecule has 1 amide bonds. The first-order valence-electron chi connectivity index (χ1n) is 5.69.